The van der Waals surface area contributed by atoms with E-state index in [0.717, 1.165) is 12.5 Å². The summed E-state index contributed by atoms with van der Waals surface area (Å²) >= 11 is 0. The van der Waals surface area contributed by atoms with Gasteiger partial charge in [0, 0.05) is 26.3 Å². The van der Waals surface area contributed by atoms with Crippen LogP contribution in [0.15, 0.2) is 12.1 Å². The average molecular weight is 267 g/mol. The van der Waals surface area contributed by atoms with E-state index in [1.165, 1.54) is 6.07 Å². The minimum absolute atomic E-state index is 0.0186. The summed E-state index contributed by atoms with van der Waals surface area (Å²) in [5, 5.41) is 19.9. The highest BCUT2D eigenvalue weighted by atomic mass is 16.6. The van der Waals surface area contributed by atoms with Crippen molar-refractivity contribution in [2.75, 3.05) is 25.1 Å². The van der Waals surface area contributed by atoms with E-state index in [4.69, 9.17) is 9.84 Å². The maximum absolute atomic E-state index is 11.0. The Morgan fingerprint density at radius 2 is 2.37 bits per heavy atom. The van der Waals surface area contributed by atoms with Gasteiger partial charge in [0.15, 0.2) is 5.69 Å². The number of hydrogen-bond acceptors (Lipinski definition) is 6. The minimum atomic E-state index is -1.21. The summed E-state index contributed by atoms with van der Waals surface area (Å²) in [6, 6.07) is 2.31. The largest absolute Gasteiger partial charge is 0.477 e. The molecule has 0 aromatic carbocycles. The van der Waals surface area contributed by atoms with E-state index in [-0.39, 0.29) is 23.3 Å². The van der Waals surface area contributed by atoms with Crippen LogP contribution in [0.2, 0.25) is 0 Å². The van der Waals surface area contributed by atoms with Gasteiger partial charge >= 0.3 is 11.7 Å². The highest BCUT2D eigenvalue weighted by molar-refractivity contribution is 5.86. The van der Waals surface area contributed by atoms with Crippen molar-refractivity contribution in [1.82, 2.24) is 4.98 Å². The number of methoxy groups -OCH3 is 1. The lowest BCUT2D eigenvalue weighted by molar-refractivity contribution is -0.384. The van der Waals surface area contributed by atoms with Crippen LogP contribution in [-0.2, 0) is 4.74 Å². The highest BCUT2D eigenvalue weighted by Crippen LogP contribution is 2.29. The number of hydrogen-bond donors (Lipinski definition) is 1. The summed E-state index contributed by atoms with van der Waals surface area (Å²) in [7, 11) is 1.57. The quantitative estimate of drug-likeness (QED) is 0.638. The van der Waals surface area contributed by atoms with Crippen molar-refractivity contribution in [3.8, 4) is 0 Å². The molecule has 1 aliphatic heterocycles. The molecule has 1 aromatic rings. The number of aromatic carboxylic acids is 1. The molecule has 0 spiro atoms. The van der Waals surface area contributed by atoms with Crippen LogP contribution in [0.4, 0.5) is 11.5 Å². The molecule has 0 amide bonds. The highest BCUT2D eigenvalue weighted by Gasteiger charge is 2.29. The molecule has 19 heavy (non-hydrogen) atoms. The average Bonchev–Trinajstić information content (AvgIpc) is 2.86. The monoisotopic (exact) mass is 267 g/mol. The number of carboxylic acids is 1. The predicted molar refractivity (Wildman–Crippen MR) is 65.5 cm³/mol. The first kappa shape index (κ1) is 13.2. The van der Waals surface area contributed by atoms with E-state index in [2.05, 4.69) is 4.98 Å². The van der Waals surface area contributed by atoms with Gasteiger partial charge in [-0.2, -0.15) is 0 Å². The summed E-state index contributed by atoms with van der Waals surface area (Å²) in [5.74, 6) is -1.12. The van der Waals surface area contributed by atoms with Gasteiger partial charge in [0.25, 0.3) is 0 Å². The van der Waals surface area contributed by atoms with E-state index in [1.54, 1.807) is 12.0 Å². The Morgan fingerprint density at radius 1 is 1.63 bits per heavy atom. The van der Waals surface area contributed by atoms with Crippen molar-refractivity contribution >= 4 is 17.5 Å². The number of nitrogens with zero attached hydrogens (tertiary/aromatic N) is 3. The summed E-state index contributed by atoms with van der Waals surface area (Å²) in [6.45, 7) is 1.02. The molecule has 1 N–H and O–H groups in total. The van der Waals surface area contributed by atoms with Crippen LogP contribution < -0.4 is 4.90 Å². The zero-order valence-electron chi connectivity index (χ0n) is 10.3. The Bertz CT molecular complexity index is 519. The molecule has 1 aliphatic rings. The second kappa shape index (κ2) is 5.19. The normalized spacial score (nSPS) is 18.6. The number of anilines is 1. The van der Waals surface area contributed by atoms with Gasteiger partial charge in [-0.3, -0.25) is 10.1 Å². The topological polar surface area (TPSA) is 106 Å². The fourth-order valence-corrected chi connectivity index (χ4v) is 2.05. The number of nitro groups is 1. The van der Waals surface area contributed by atoms with Crippen LogP contribution in [0.25, 0.3) is 0 Å². The van der Waals surface area contributed by atoms with E-state index in [0.29, 0.717) is 13.1 Å². The molecule has 1 unspecified atom stereocenters. The standard InChI is InChI=1S/C11H13N3O5/c1-19-7-4-5-13(6-7)10-9(14(17)18)3-2-8(12-10)11(15)16/h2-3,7H,4-6H2,1H3,(H,15,16). The lowest BCUT2D eigenvalue weighted by Gasteiger charge is -2.17. The van der Waals surface area contributed by atoms with Crippen molar-refractivity contribution in [3.05, 3.63) is 27.9 Å². The summed E-state index contributed by atoms with van der Waals surface area (Å²) in [5.41, 5.74) is -0.400. The molecule has 1 saturated heterocycles. The smallest absolute Gasteiger partial charge is 0.354 e. The van der Waals surface area contributed by atoms with Crippen LogP contribution in [0.1, 0.15) is 16.9 Å². The Kier molecular flexibility index (Phi) is 3.61. The van der Waals surface area contributed by atoms with Crippen molar-refractivity contribution in [2.45, 2.75) is 12.5 Å². The number of carboxylic acid groups (broad SMARTS) is 1. The molecule has 0 aliphatic carbocycles. The molecule has 102 valence electrons. The van der Waals surface area contributed by atoms with Gasteiger partial charge in [-0.25, -0.2) is 9.78 Å². The van der Waals surface area contributed by atoms with Crippen LogP contribution in [0.5, 0.6) is 0 Å². The van der Waals surface area contributed by atoms with E-state index >= 15 is 0 Å². The third-order valence-electron chi connectivity index (χ3n) is 3.05. The first-order valence-electron chi connectivity index (χ1n) is 5.69. The number of ether oxygens (including phenoxy) is 1. The minimum Gasteiger partial charge on any atom is -0.477 e. The number of pyridine rings is 1. The fraction of sp³-hybridized carbons (Fsp3) is 0.455. The second-order valence-electron chi connectivity index (χ2n) is 4.19. The van der Waals surface area contributed by atoms with Gasteiger partial charge in [0.1, 0.15) is 0 Å². The molecule has 0 radical (unpaired) electrons. The maximum atomic E-state index is 11.0. The summed E-state index contributed by atoms with van der Waals surface area (Å²) in [4.78, 5) is 26.9. The molecule has 2 rings (SSSR count). The third kappa shape index (κ3) is 2.63. The van der Waals surface area contributed by atoms with Gasteiger partial charge in [-0.05, 0) is 12.5 Å². The SMILES string of the molecule is COC1CCN(c2nc(C(=O)O)ccc2[N+](=O)[O-])C1. The molecule has 0 saturated carbocycles. The van der Waals surface area contributed by atoms with Crippen LogP contribution in [-0.4, -0.2) is 47.3 Å². The first-order valence-corrected chi connectivity index (χ1v) is 5.69. The summed E-state index contributed by atoms with van der Waals surface area (Å²) < 4.78 is 5.19. The van der Waals surface area contributed by atoms with Crippen LogP contribution >= 0.6 is 0 Å². The van der Waals surface area contributed by atoms with E-state index in [1.807, 2.05) is 0 Å². The molecule has 0 bridgehead atoms. The van der Waals surface area contributed by atoms with Crippen LogP contribution in [0.3, 0.4) is 0 Å². The van der Waals surface area contributed by atoms with Crippen molar-refractivity contribution in [3.63, 3.8) is 0 Å². The van der Waals surface area contributed by atoms with Gasteiger partial charge in [0.05, 0.1) is 11.0 Å². The lowest BCUT2D eigenvalue weighted by Crippen LogP contribution is -2.24. The lowest BCUT2D eigenvalue weighted by atomic mass is 10.3. The van der Waals surface area contributed by atoms with E-state index < -0.39 is 10.9 Å². The molecule has 2 heterocycles. The van der Waals surface area contributed by atoms with Crippen molar-refractivity contribution in [1.29, 1.82) is 0 Å². The zero-order chi connectivity index (χ0) is 14.0. The Labute approximate surface area is 108 Å². The molecule has 8 nitrogen and oxygen atoms in total. The molecule has 1 aromatic heterocycles. The number of rotatable bonds is 4. The third-order valence-corrected chi connectivity index (χ3v) is 3.05. The second-order valence-corrected chi connectivity index (χ2v) is 4.19. The van der Waals surface area contributed by atoms with Crippen molar-refractivity contribution < 1.29 is 19.6 Å². The maximum Gasteiger partial charge on any atom is 0.354 e. The Balaban J connectivity index is 2.38. The van der Waals surface area contributed by atoms with Crippen molar-refractivity contribution in [2.24, 2.45) is 0 Å². The number of aromatic nitrogens is 1. The molecule has 1 fully saturated rings. The fourth-order valence-electron chi connectivity index (χ4n) is 2.05. The Hall–Kier alpha value is -2.22. The van der Waals surface area contributed by atoms with Gasteiger partial charge in [-0.15, -0.1) is 0 Å². The van der Waals surface area contributed by atoms with E-state index in [9.17, 15) is 14.9 Å². The number of carbonyl (C=O) groups is 1. The van der Waals surface area contributed by atoms with Gasteiger partial charge in [-0.1, -0.05) is 0 Å². The molecular formula is C11H13N3O5. The summed E-state index contributed by atoms with van der Waals surface area (Å²) in [6.07, 6.45) is 0.710. The first-order chi connectivity index (χ1) is 9.02. The molecule has 8 heteroatoms. The van der Waals surface area contributed by atoms with Crippen LogP contribution in [0, 0.1) is 10.1 Å². The zero-order valence-corrected chi connectivity index (χ0v) is 10.3. The van der Waals surface area contributed by atoms with Gasteiger partial charge in [0.2, 0.25) is 5.82 Å². The predicted octanol–water partition coefficient (Wildman–Crippen LogP) is 0.913. The molecular weight excluding hydrogens is 254 g/mol. The van der Waals surface area contributed by atoms with Gasteiger partial charge < -0.3 is 14.7 Å². The molecule has 1 atom stereocenters. The Morgan fingerprint density at radius 3 is 2.89 bits per heavy atom.